The van der Waals surface area contributed by atoms with Gasteiger partial charge in [0.2, 0.25) is 0 Å². The third-order valence-electron chi connectivity index (χ3n) is 6.21. The first-order valence-corrected chi connectivity index (χ1v) is 10.6. The van der Waals surface area contributed by atoms with E-state index in [9.17, 15) is 18.9 Å². The second-order valence-electron chi connectivity index (χ2n) is 8.19. The Bertz CT molecular complexity index is 971. The minimum atomic E-state index is -0.769. The van der Waals surface area contributed by atoms with E-state index in [1.165, 1.54) is 24.3 Å². The topological polar surface area (TPSA) is 64.8 Å². The molecular formula is C22H23ClF2N2O4. The molecule has 0 radical (unpaired) electrons. The molecule has 0 bridgehead atoms. The van der Waals surface area contributed by atoms with Crippen LogP contribution < -0.4 is 9.64 Å². The quantitative estimate of drug-likeness (QED) is 0.400. The summed E-state index contributed by atoms with van der Waals surface area (Å²) in [5, 5.41) is 11.3. The summed E-state index contributed by atoms with van der Waals surface area (Å²) in [6.07, 6.45) is 2.30. The normalized spacial score (nSPS) is 19.9. The fourth-order valence-electron chi connectivity index (χ4n) is 4.15. The van der Waals surface area contributed by atoms with Crippen molar-refractivity contribution in [1.29, 1.82) is 0 Å². The van der Waals surface area contributed by atoms with Gasteiger partial charge in [0.05, 0.1) is 36.2 Å². The van der Waals surface area contributed by atoms with E-state index in [-0.39, 0.29) is 34.5 Å². The molecule has 4 rings (SSSR count). The van der Waals surface area contributed by atoms with Crippen molar-refractivity contribution in [3.8, 4) is 5.75 Å². The molecule has 0 aliphatic carbocycles. The van der Waals surface area contributed by atoms with Gasteiger partial charge in [-0.15, -0.1) is 0 Å². The standard InChI is InChI=1S/C22H23ClF2N2O4/c1-2-22(11-30-12-22)13-31-21-17(24)9-15(10-18(21)25)26-7-3-4-19(26)14-5-6-16(23)20(8-14)27(28)29/h5-6,8-10,19H,2-4,7,11-13H2,1H3. The zero-order valence-corrected chi connectivity index (χ0v) is 17.8. The number of benzene rings is 2. The SMILES string of the molecule is CCC1(COc2c(F)cc(N3CCCC3c3ccc(Cl)c([N+](=O)[O-])c3)cc2F)COC1. The first-order chi connectivity index (χ1) is 14.8. The molecule has 2 heterocycles. The van der Waals surface area contributed by atoms with Gasteiger partial charge in [0.25, 0.3) is 5.69 Å². The number of nitrogens with zero attached hydrogens (tertiary/aromatic N) is 2. The van der Waals surface area contributed by atoms with Gasteiger partial charge in [0, 0.05) is 30.4 Å². The molecule has 31 heavy (non-hydrogen) atoms. The minimum Gasteiger partial charge on any atom is -0.487 e. The maximum atomic E-state index is 14.8. The molecule has 2 aromatic carbocycles. The fraction of sp³-hybridized carbons (Fsp3) is 0.455. The van der Waals surface area contributed by atoms with E-state index in [1.807, 2.05) is 11.8 Å². The van der Waals surface area contributed by atoms with Crippen LogP contribution in [0.5, 0.6) is 5.75 Å². The molecule has 2 aromatic rings. The molecule has 0 N–H and O–H groups in total. The first-order valence-electron chi connectivity index (χ1n) is 10.2. The molecule has 0 amide bonds. The molecule has 0 aromatic heterocycles. The van der Waals surface area contributed by atoms with Gasteiger partial charge in [-0.2, -0.15) is 0 Å². The fourth-order valence-corrected chi connectivity index (χ4v) is 4.34. The van der Waals surface area contributed by atoms with Crippen LogP contribution in [0, 0.1) is 27.2 Å². The van der Waals surface area contributed by atoms with Crippen molar-refractivity contribution in [2.45, 2.75) is 32.2 Å². The average molecular weight is 453 g/mol. The van der Waals surface area contributed by atoms with Crippen LogP contribution in [0.25, 0.3) is 0 Å². The zero-order chi connectivity index (χ0) is 22.2. The lowest BCUT2D eigenvalue weighted by Crippen LogP contribution is -2.46. The minimum absolute atomic E-state index is 0.0543. The Morgan fingerprint density at radius 1 is 1.29 bits per heavy atom. The lowest BCUT2D eigenvalue weighted by atomic mass is 9.84. The highest BCUT2D eigenvalue weighted by atomic mass is 35.5. The van der Waals surface area contributed by atoms with Gasteiger partial charge < -0.3 is 14.4 Å². The Balaban J connectivity index is 1.57. The molecule has 2 aliphatic heterocycles. The van der Waals surface area contributed by atoms with Gasteiger partial charge >= 0.3 is 0 Å². The summed E-state index contributed by atoms with van der Waals surface area (Å²) < 4.78 is 40.3. The van der Waals surface area contributed by atoms with Gasteiger partial charge in [-0.05, 0) is 30.9 Å². The second kappa shape index (κ2) is 8.59. The lowest BCUT2D eigenvalue weighted by molar-refractivity contribution is -0.384. The molecule has 2 aliphatic rings. The predicted molar refractivity (Wildman–Crippen MR) is 113 cm³/mol. The predicted octanol–water partition coefficient (Wildman–Crippen LogP) is 5.67. The Morgan fingerprint density at radius 2 is 2.00 bits per heavy atom. The number of nitro benzene ring substituents is 1. The zero-order valence-electron chi connectivity index (χ0n) is 17.1. The molecule has 2 saturated heterocycles. The first kappa shape index (κ1) is 21.8. The lowest BCUT2D eigenvalue weighted by Gasteiger charge is -2.40. The van der Waals surface area contributed by atoms with Gasteiger partial charge in [0.15, 0.2) is 17.4 Å². The average Bonchev–Trinajstić information content (AvgIpc) is 3.19. The number of halogens is 3. The number of nitro groups is 1. The smallest absolute Gasteiger partial charge is 0.288 e. The summed E-state index contributed by atoms with van der Waals surface area (Å²) in [4.78, 5) is 12.6. The Hall–Kier alpha value is -2.45. The summed E-state index contributed by atoms with van der Waals surface area (Å²) in [6, 6.07) is 6.91. The van der Waals surface area contributed by atoms with Gasteiger partial charge in [-0.25, -0.2) is 8.78 Å². The number of ether oxygens (including phenoxy) is 2. The van der Waals surface area contributed by atoms with Crippen molar-refractivity contribution in [2.75, 3.05) is 31.3 Å². The number of rotatable bonds is 7. The summed E-state index contributed by atoms with van der Waals surface area (Å²) in [7, 11) is 0. The summed E-state index contributed by atoms with van der Waals surface area (Å²) in [5.41, 5.74) is 0.683. The largest absolute Gasteiger partial charge is 0.487 e. The van der Waals surface area contributed by atoms with Crippen molar-refractivity contribution >= 4 is 23.0 Å². The van der Waals surface area contributed by atoms with Gasteiger partial charge in [0.1, 0.15) is 5.02 Å². The van der Waals surface area contributed by atoms with E-state index < -0.39 is 16.6 Å². The van der Waals surface area contributed by atoms with Crippen LogP contribution in [0.15, 0.2) is 30.3 Å². The second-order valence-corrected chi connectivity index (χ2v) is 8.60. The molecule has 0 saturated carbocycles. The van der Waals surface area contributed by atoms with Crippen molar-refractivity contribution in [3.63, 3.8) is 0 Å². The molecule has 9 heteroatoms. The Kier molecular flexibility index (Phi) is 6.03. The van der Waals surface area contributed by atoms with Crippen LogP contribution in [0.2, 0.25) is 5.02 Å². The Labute approximate surface area is 183 Å². The van der Waals surface area contributed by atoms with Crippen LogP contribution in [-0.4, -0.2) is 31.3 Å². The van der Waals surface area contributed by atoms with Crippen molar-refractivity contribution < 1.29 is 23.2 Å². The van der Waals surface area contributed by atoms with E-state index in [0.717, 1.165) is 12.8 Å². The molecule has 166 valence electrons. The third kappa shape index (κ3) is 4.19. The van der Waals surface area contributed by atoms with E-state index in [1.54, 1.807) is 6.07 Å². The highest BCUT2D eigenvalue weighted by molar-refractivity contribution is 6.32. The van der Waals surface area contributed by atoms with E-state index in [4.69, 9.17) is 21.1 Å². The highest BCUT2D eigenvalue weighted by Gasteiger charge is 2.38. The summed E-state index contributed by atoms with van der Waals surface area (Å²) in [6.45, 7) is 3.81. The van der Waals surface area contributed by atoms with E-state index in [2.05, 4.69) is 0 Å². The van der Waals surface area contributed by atoms with Crippen LogP contribution in [-0.2, 0) is 4.74 Å². The maximum Gasteiger partial charge on any atom is 0.288 e. The molecule has 1 atom stereocenters. The monoisotopic (exact) mass is 452 g/mol. The van der Waals surface area contributed by atoms with Crippen molar-refractivity contribution in [2.24, 2.45) is 5.41 Å². The molecule has 6 nitrogen and oxygen atoms in total. The number of hydrogen-bond acceptors (Lipinski definition) is 5. The molecule has 1 unspecified atom stereocenters. The van der Waals surface area contributed by atoms with Crippen LogP contribution >= 0.6 is 11.6 Å². The molecular weight excluding hydrogens is 430 g/mol. The van der Waals surface area contributed by atoms with Gasteiger partial charge in [-0.3, -0.25) is 10.1 Å². The van der Waals surface area contributed by atoms with Crippen LogP contribution in [0.4, 0.5) is 20.2 Å². The van der Waals surface area contributed by atoms with Crippen molar-refractivity contribution in [3.05, 3.63) is 62.7 Å². The number of anilines is 1. The molecule has 0 spiro atoms. The van der Waals surface area contributed by atoms with E-state index in [0.29, 0.717) is 37.4 Å². The van der Waals surface area contributed by atoms with Gasteiger partial charge in [-0.1, -0.05) is 24.6 Å². The maximum absolute atomic E-state index is 14.8. The summed E-state index contributed by atoms with van der Waals surface area (Å²) >= 11 is 5.92. The summed E-state index contributed by atoms with van der Waals surface area (Å²) in [5.74, 6) is -1.93. The van der Waals surface area contributed by atoms with Crippen LogP contribution in [0.3, 0.4) is 0 Å². The van der Waals surface area contributed by atoms with E-state index >= 15 is 0 Å². The van der Waals surface area contributed by atoms with Crippen molar-refractivity contribution in [1.82, 2.24) is 0 Å². The highest BCUT2D eigenvalue weighted by Crippen LogP contribution is 2.41. The Morgan fingerprint density at radius 3 is 2.58 bits per heavy atom. The number of hydrogen-bond donors (Lipinski definition) is 0. The van der Waals surface area contributed by atoms with Crippen LogP contribution in [0.1, 0.15) is 37.8 Å². The third-order valence-corrected chi connectivity index (χ3v) is 6.53. The molecule has 2 fully saturated rings.